The Kier molecular flexibility index (Phi) is 4.96. The Balaban J connectivity index is 1.93. The standard InChI is InChI=1S/C14H20BrN3O/c1-10(2)5-13(19)8-16-6-12-7-17-14-4-3-11(15)9-18(12)14/h3-4,7,9-10,13,16,19H,5-6,8H2,1-2H3. The molecule has 2 heterocycles. The predicted octanol–water partition coefficient (Wildman–Crippen LogP) is 2.59. The summed E-state index contributed by atoms with van der Waals surface area (Å²) in [5.41, 5.74) is 2.02. The Bertz CT molecular complexity index is 538. The van der Waals surface area contributed by atoms with Gasteiger partial charge in [-0.3, -0.25) is 0 Å². The summed E-state index contributed by atoms with van der Waals surface area (Å²) >= 11 is 3.46. The zero-order valence-electron chi connectivity index (χ0n) is 11.3. The van der Waals surface area contributed by atoms with Crippen molar-refractivity contribution < 1.29 is 5.11 Å². The van der Waals surface area contributed by atoms with E-state index in [2.05, 4.69) is 40.1 Å². The van der Waals surface area contributed by atoms with Crippen molar-refractivity contribution >= 4 is 21.6 Å². The van der Waals surface area contributed by atoms with Crippen LogP contribution in [0.15, 0.2) is 29.0 Å². The summed E-state index contributed by atoms with van der Waals surface area (Å²) in [5.74, 6) is 0.517. The monoisotopic (exact) mass is 325 g/mol. The van der Waals surface area contributed by atoms with Crippen LogP contribution in [0.1, 0.15) is 26.0 Å². The summed E-state index contributed by atoms with van der Waals surface area (Å²) in [4.78, 5) is 4.35. The van der Waals surface area contributed by atoms with Crippen LogP contribution in [0.25, 0.3) is 5.65 Å². The normalized spacial score (nSPS) is 13.3. The first kappa shape index (κ1) is 14.5. The topological polar surface area (TPSA) is 49.6 Å². The molecular formula is C14H20BrN3O. The maximum atomic E-state index is 9.81. The SMILES string of the molecule is CC(C)CC(O)CNCc1cnc2ccc(Br)cn12. The van der Waals surface area contributed by atoms with Gasteiger partial charge in [-0.05, 0) is 40.4 Å². The zero-order chi connectivity index (χ0) is 13.8. The summed E-state index contributed by atoms with van der Waals surface area (Å²) in [6.45, 7) is 5.54. The van der Waals surface area contributed by atoms with E-state index in [1.807, 2.05) is 28.9 Å². The van der Waals surface area contributed by atoms with E-state index in [9.17, 15) is 5.11 Å². The van der Waals surface area contributed by atoms with Gasteiger partial charge in [-0.1, -0.05) is 13.8 Å². The van der Waals surface area contributed by atoms with E-state index in [0.717, 1.165) is 22.2 Å². The molecule has 0 spiro atoms. The molecule has 0 saturated carbocycles. The van der Waals surface area contributed by atoms with Gasteiger partial charge in [0.25, 0.3) is 0 Å². The Hall–Kier alpha value is -0.910. The number of pyridine rings is 1. The van der Waals surface area contributed by atoms with Gasteiger partial charge in [0.2, 0.25) is 0 Å². The maximum Gasteiger partial charge on any atom is 0.136 e. The highest BCUT2D eigenvalue weighted by Crippen LogP contribution is 2.13. The van der Waals surface area contributed by atoms with Crippen LogP contribution in [0.3, 0.4) is 0 Å². The number of nitrogens with one attached hydrogen (secondary N) is 1. The van der Waals surface area contributed by atoms with Gasteiger partial charge in [0.05, 0.1) is 18.0 Å². The van der Waals surface area contributed by atoms with Crippen LogP contribution in [0.4, 0.5) is 0 Å². The summed E-state index contributed by atoms with van der Waals surface area (Å²) < 4.78 is 3.07. The van der Waals surface area contributed by atoms with Crippen LogP contribution in [0.5, 0.6) is 0 Å². The van der Waals surface area contributed by atoms with Gasteiger partial charge < -0.3 is 14.8 Å². The lowest BCUT2D eigenvalue weighted by molar-refractivity contribution is 0.146. The second kappa shape index (κ2) is 6.50. The molecule has 0 radical (unpaired) electrons. The van der Waals surface area contributed by atoms with E-state index < -0.39 is 0 Å². The highest BCUT2D eigenvalue weighted by molar-refractivity contribution is 9.10. The highest BCUT2D eigenvalue weighted by atomic mass is 79.9. The van der Waals surface area contributed by atoms with Gasteiger partial charge in [-0.2, -0.15) is 0 Å². The van der Waals surface area contributed by atoms with Gasteiger partial charge in [-0.25, -0.2) is 4.98 Å². The first-order valence-corrected chi connectivity index (χ1v) is 7.36. The van der Waals surface area contributed by atoms with Gasteiger partial charge in [0.15, 0.2) is 0 Å². The molecule has 2 aromatic heterocycles. The predicted molar refractivity (Wildman–Crippen MR) is 80.1 cm³/mol. The molecule has 0 bridgehead atoms. The fourth-order valence-electron chi connectivity index (χ4n) is 2.13. The molecule has 2 rings (SSSR count). The summed E-state index contributed by atoms with van der Waals surface area (Å²) in [6.07, 6.45) is 4.41. The van der Waals surface area contributed by atoms with E-state index in [0.29, 0.717) is 19.0 Å². The minimum atomic E-state index is -0.286. The lowest BCUT2D eigenvalue weighted by atomic mass is 10.1. The number of aromatic nitrogens is 2. The molecule has 0 aromatic carbocycles. The molecule has 0 aliphatic carbocycles. The van der Waals surface area contributed by atoms with Crippen molar-refractivity contribution in [2.45, 2.75) is 32.9 Å². The number of nitrogens with zero attached hydrogens (tertiary/aromatic N) is 2. The molecule has 1 atom stereocenters. The Morgan fingerprint density at radius 1 is 1.42 bits per heavy atom. The first-order chi connectivity index (χ1) is 9.06. The largest absolute Gasteiger partial charge is 0.392 e. The summed E-state index contributed by atoms with van der Waals surface area (Å²) in [7, 11) is 0. The Morgan fingerprint density at radius 3 is 2.95 bits per heavy atom. The van der Waals surface area contributed by atoms with Gasteiger partial charge >= 0.3 is 0 Å². The maximum absolute atomic E-state index is 9.81. The molecule has 0 fully saturated rings. The van der Waals surface area contributed by atoms with Crippen molar-refractivity contribution in [3.8, 4) is 0 Å². The lowest BCUT2D eigenvalue weighted by Crippen LogP contribution is -2.27. The van der Waals surface area contributed by atoms with E-state index in [-0.39, 0.29) is 6.10 Å². The molecule has 4 nitrogen and oxygen atoms in total. The second-order valence-corrected chi connectivity index (χ2v) is 6.16. The van der Waals surface area contributed by atoms with Gasteiger partial charge in [0, 0.05) is 23.8 Å². The van der Waals surface area contributed by atoms with Gasteiger partial charge in [-0.15, -0.1) is 0 Å². The van der Waals surface area contributed by atoms with Crippen molar-refractivity contribution in [1.29, 1.82) is 0 Å². The Labute approximate surface area is 122 Å². The number of halogens is 1. The van der Waals surface area contributed by atoms with Crippen LogP contribution in [-0.4, -0.2) is 27.1 Å². The third-order valence-corrected chi connectivity index (χ3v) is 3.44. The van der Waals surface area contributed by atoms with Crippen LogP contribution in [0.2, 0.25) is 0 Å². The molecular weight excluding hydrogens is 306 g/mol. The number of rotatable bonds is 6. The molecule has 1 unspecified atom stereocenters. The molecule has 2 aromatic rings. The fourth-order valence-corrected chi connectivity index (χ4v) is 2.47. The quantitative estimate of drug-likeness (QED) is 0.858. The van der Waals surface area contributed by atoms with Crippen LogP contribution < -0.4 is 5.32 Å². The van der Waals surface area contributed by atoms with Crippen molar-refractivity contribution in [3.63, 3.8) is 0 Å². The summed E-state index contributed by atoms with van der Waals surface area (Å²) in [5, 5.41) is 13.1. The second-order valence-electron chi connectivity index (χ2n) is 5.24. The minimum absolute atomic E-state index is 0.286. The van der Waals surface area contributed by atoms with Crippen molar-refractivity contribution in [2.24, 2.45) is 5.92 Å². The highest BCUT2D eigenvalue weighted by Gasteiger charge is 2.08. The number of aliphatic hydroxyl groups excluding tert-OH is 1. The Morgan fingerprint density at radius 2 is 2.21 bits per heavy atom. The van der Waals surface area contributed by atoms with E-state index in [1.165, 1.54) is 0 Å². The van der Waals surface area contributed by atoms with E-state index >= 15 is 0 Å². The van der Waals surface area contributed by atoms with E-state index in [1.54, 1.807) is 0 Å². The molecule has 0 saturated heterocycles. The first-order valence-electron chi connectivity index (χ1n) is 6.56. The molecule has 5 heteroatoms. The van der Waals surface area contributed by atoms with Crippen LogP contribution in [0, 0.1) is 5.92 Å². The van der Waals surface area contributed by atoms with Gasteiger partial charge in [0.1, 0.15) is 5.65 Å². The molecule has 0 amide bonds. The zero-order valence-corrected chi connectivity index (χ0v) is 12.9. The molecule has 2 N–H and O–H groups in total. The minimum Gasteiger partial charge on any atom is -0.392 e. The molecule has 104 valence electrons. The average molecular weight is 326 g/mol. The van der Waals surface area contributed by atoms with Crippen LogP contribution in [-0.2, 0) is 6.54 Å². The number of hydrogen-bond donors (Lipinski definition) is 2. The average Bonchev–Trinajstić information content (AvgIpc) is 2.71. The van der Waals surface area contributed by atoms with Crippen molar-refractivity contribution in [1.82, 2.24) is 14.7 Å². The van der Waals surface area contributed by atoms with Crippen molar-refractivity contribution in [2.75, 3.05) is 6.54 Å². The smallest absolute Gasteiger partial charge is 0.136 e. The fraction of sp³-hybridized carbons (Fsp3) is 0.500. The number of fused-ring (bicyclic) bond motifs is 1. The summed E-state index contributed by atoms with van der Waals surface area (Å²) in [6, 6.07) is 3.95. The molecule has 0 aliphatic heterocycles. The molecule has 19 heavy (non-hydrogen) atoms. The third kappa shape index (κ3) is 4.03. The molecule has 0 aliphatic rings. The lowest BCUT2D eigenvalue weighted by Gasteiger charge is -2.13. The van der Waals surface area contributed by atoms with E-state index in [4.69, 9.17) is 0 Å². The number of hydrogen-bond acceptors (Lipinski definition) is 3. The third-order valence-electron chi connectivity index (χ3n) is 2.98. The van der Waals surface area contributed by atoms with Crippen LogP contribution >= 0.6 is 15.9 Å². The van der Waals surface area contributed by atoms with Crippen molar-refractivity contribution in [3.05, 3.63) is 34.7 Å². The number of imidazole rings is 1. The number of aliphatic hydroxyl groups is 1.